The van der Waals surface area contributed by atoms with Gasteiger partial charge in [0.05, 0.1) is 18.4 Å². The van der Waals surface area contributed by atoms with Crippen molar-refractivity contribution < 1.29 is 14.6 Å². The lowest BCUT2D eigenvalue weighted by molar-refractivity contribution is -0.137. The minimum absolute atomic E-state index is 0.122. The Morgan fingerprint density at radius 2 is 2.13 bits per heavy atom. The summed E-state index contributed by atoms with van der Waals surface area (Å²) in [5.74, 6) is 0.0744. The van der Waals surface area contributed by atoms with Crippen LogP contribution in [0.25, 0.3) is 0 Å². The monoisotopic (exact) mass is 214 g/mol. The van der Waals surface area contributed by atoms with E-state index in [-0.39, 0.29) is 5.76 Å². The number of carbonyl (C=O) groups excluding carboxylic acids is 1. The predicted molar refractivity (Wildman–Crippen MR) is 60.7 cm³/mol. The number of aliphatic hydroxyl groups is 1. The normalized spacial score (nSPS) is 13.7. The molecule has 1 N–H and O–H groups in total. The summed E-state index contributed by atoms with van der Waals surface area (Å²) in [6.45, 7) is 6.30. The predicted octanol–water partition coefficient (Wildman–Crippen LogP) is 3.21. The van der Waals surface area contributed by atoms with E-state index in [4.69, 9.17) is 4.74 Å². The third kappa shape index (κ3) is 8.03. The van der Waals surface area contributed by atoms with Crippen molar-refractivity contribution in [1.29, 1.82) is 0 Å². The zero-order valence-electron chi connectivity index (χ0n) is 9.95. The molecule has 0 aliphatic rings. The van der Waals surface area contributed by atoms with Gasteiger partial charge < -0.3 is 9.84 Å². The van der Waals surface area contributed by atoms with Gasteiger partial charge >= 0.3 is 5.97 Å². The van der Waals surface area contributed by atoms with Gasteiger partial charge in [-0.3, -0.25) is 0 Å². The molecule has 0 unspecified atom stereocenters. The van der Waals surface area contributed by atoms with Crippen LogP contribution in [0.1, 0.15) is 46.5 Å². The number of hydrogen-bond acceptors (Lipinski definition) is 3. The largest absolute Gasteiger partial charge is 0.512 e. The van der Waals surface area contributed by atoms with Crippen LogP contribution < -0.4 is 0 Å². The van der Waals surface area contributed by atoms with E-state index in [1.807, 2.05) is 0 Å². The van der Waals surface area contributed by atoms with Crippen molar-refractivity contribution in [3.8, 4) is 0 Å². The van der Waals surface area contributed by atoms with Gasteiger partial charge in [-0.25, -0.2) is 4.79 Å². The molecule has 3 heteroatoms. The van der Waals surface area contributed by atoms with E-state index in [0.29, 0.717) is 18.9 Å². The molecule has 0 heterocycles. The minimum atomic E-state index is -0.460. The number of allylic oxidation sites excluding steroid dienone is 1. The third-order valence-electron chi connectivity index (χ3n) is 2.18. The van der Waals surface area contributed by atoms with Gasteiger partial charge in [0.15, 0.2) is 0 Å². The zero-order chi connectivity index (χ0) is 11.7. The lowest BCUT2D eigenvalue weighted by Gasteiger charge is -2.09. The highest BCUT2D eigenvalue weighted by atomic mass is 16.5. The Balaban J connectivity index is 3.89. The van der Waals surface area contributed by atoms with E-state index in [0.717, 1.165) is 19.3 Å². The van der Waals surface area contributed by atoms with Crippen molar-refractivity contribution in [3.05, 3.63) is 11.8 Å². The maximum absolute atomic E-state index is 11.0. The van der Waals surface area contributed by atoms with Gasteiger partial charge in [0, 0.05) is 6.42 Å². The van der Waals surface area contributed by atoms with Crippen LogP contribution in [0, 0.1) is 5.92 Å². The standard InChI is InChI=1S/C12H22O3/c1-4-6-7-10(3)8-11(13)9-12(14)15-5-2/h9-10,13H,4-8H2,1-3H3/b11-9-/t10-/m1/s1. The summed E-state index contributed by atoms with van der Waals surface area (Å²) < 4.78 is 4.70. The molecule has 0 aromatic rings. The first-order valence-corrected chi connectivity index (χ1v) is 5.66. The summed E-state index contributed by atoms with van der Waals surface area (Å²) in [6.07, 6.45) is 5.13. The summed E-state index contributed by atoms with van der Waals surface area (Å²) in [5.41, 5.74) is 0. The summed E-state index contributed by atoms with van der Waals surface area (Å²) in [4.78, 5) is 11.0. The van der Waals surface area contributed by atoms with Crippen molar-refractivity contribution >= 4 is 5.97 Å². The summed E-state index contributed by atoms with van der Waals surface area (Å²) in [6, 6.07) is 0. The number of ether oxygens (including phenoxy) is 1. The number of aliphatic hydroxyl groups excluding tert-OH is 1. The molecule has 0 aliphatic heterocycles. The second kappa shape index (κ2) is 8.33. The Hall–Kier alpha value is -0.990. The fourth-order valence-electron chi connectivity index (χ4n) is 1.39. The fraction of sp³-hybridized carbons (Fsp3) is 0.750. The quantitative estimate of drug-likeness (QED) is 0.402. The van der Waals surface area contributed by atoms with Crippen LogP contribution in [-0.4, -0.2) is 17.7 Å². The van der Waals surface area contributed by atoms with E-state index < -0.39 is 5.97 Å². The molecule has 0 aliphatic carbocycles. The van der Waals surface area contributed by atoms with E-state index in [1.54, 1.807) is 6.92 Å². The number of unbranched alkanes of at least 4 members (excludes halogenated alkanes) is 1. The smallest absolute Gasteiger partial charge is 0.334 e. The van der Waals surface area contributed by atoms with E-state index in [9.17, 15) is 9.90 Å². The lowest BCUT2D eigenvalue weighted by atomic mass is 10.00. The molecule has 88 valence electrons. The molecular formula is C12H22O3. The first-order valence-electron chi connectivity index (χ1n) is 5.66. The fourth-order valence-corrected chi connectivity index (χ4v) is 1.39. The molecule has 15 heavy (non-hydrogen) atoms. The van der Waals surface area contributed by atoms with Crippen molar-refractivity contribution in [2.45, 2.75) is 46.5 Å². The molecule has 0 fully saturated rings. The molecule has 0 rings (SSSR count). The van der Waals surface area contributed by atoms with Gasteiger partial charge in [-0.05, 0) is 12.8 Å². The Morgan fingerprint density at radius 3 is 2.67 bits per heavy atom. The van der Waals surface area contributed by atoms with Gasteiger partial charge in [-0.1, -0.05) is 33.1 Å². The lowest BCUT2D eigenvalue weighted by Crippen LogP contribution is -2.03. The number of esters is 1. The molecule has 0 saturated heterocycles. The van der Waals surface area contributed by atoms with Gasteiger partial charge in [0.1, 0.15) is 0 Å². The van der Waals surface area contributed by atoms with Gasteiger partial charge in [-0.15, -0.1) is 0 Å². The number of carbonyl (C=O) groups is 1. The molecule has 0 saturated carbocycles. The van der Waals surface area contributed by atoms with Crippen molar-refractivity contribution in [2.75, 3.05) is 6.61 Å². The maximum atomic E-state index is 11.0. The van der Waals surface area contributed by atoms with Crippen LogP contribution in [0.2, 0.25) is 0 Å². The van der Waals surface area contributed by atoms with Crippen LogP contribution in [-0.2, 0) is 9.53 Å². The van der Waals surface area contributed by atoms with E-state index in [2.05, 4.69) is 13.8 Å². The molecule has 0 bridgehead atoms. The summed E-state index contributed by atoms with van der Waals surface area (Å²) in [5, 5.41) is 9.48. The highest BCUT2D eigenvalue weighted by Crippen LogP contribution is 2.15. The third-order valence-corrected chi connectivity index (χ3v) is 2.18. The zero-order valence-corrected chi connectivity index (χ0v) is 9.95. The second-order valence-corrected chi connectivity index (χ2v) is 3.84. The average Bonchev–Trinajstić information content (AvgIpc) is 2.14. The highest BCUT2D eigenvalue weighted by Gasteiger charge is 2.06. The van der Waals surface area contributed by atoms with Crippen LogP contribution >= 0.6 is 0 Å². The Kier molecular flexibility index (Phi) is 7.78. The first-order chi connectivity index (χ1) is 7.10. The molecular weight excluding hydrogens is 192 g/mol. The van der Waals surface area contributed by atoms with Gasteiger partial charge in [0.2, 0.25) is 0 Å². The van der Waals surface area contributed by atoms with Crippen LogP contribution in [0.4, 0.5) is 0 Å². The van der Waals surface area contributed by atoms with Crippen molar-refractivity contribution in [1.82, 2.24) is 0 Å². The van der Waals surface area contributed by atoms with E-state index in [1.165, 1.54) is 6.08 Å². The minimum Gasteiger partial charge on any atom is -0.512 e. The maximum Gasteiger partial charge on any atom is 0.334 e. The van der Waals surface area contributed by atoms with Crippen molar-refractivity contribution in [2.24, 2.45) is 5.92 Å². The molecule has 1 atom stereocenters. The van der Waals surface area contributed by atoms with E-state index >= 15 is 0 Å². The molecule has 0 spiro atoms. The molecule has 0 aromatic carbocycles. The second-order valence-electron chi connectivity index (χ2n) is 3.84. The number of hydrogen-bond donors (Lipinski definition) is 1. The summed E-state index contributed by atoms with van der Waals surface area (Å²) >= 11 is 0. The SMILES string of the molecule is CCCC[C@@H](C)C/C(O)=C/C(=O)OCC. The molecule has 0 radical (unpaired) electrons. The van der Waals surface area contributed by atoms with Crippen LogP contribution in [0.5, 0.6) is 0 Å². The topological polar surface area (TPSA) is 46.5 Å². The van der Waals surface area contributed by atoms with Crippen LogP contribution in [0.15, 0.2) is 11.8 Å². The first kappa shape index (κ1) is 14.0. The average molecular weight is 214 g/mol. The van der Waals surface area contributed by atoms with Gasteiger partial charge in [-0.2, -0.15) is 0 Å². The van der Waals surface area contributed by atoms with Crippen LogP contribution in [0.3, 0.4) is 0 Å². The molecule has 3 nitrogen and oxygen atoms in total. The Morgan fingerprint density at radius 1 is 1.47 bits per heavy atom. The molecule has 0 amide bonds. The highest BCUT2D eigenvalue weighted by molar-refractivity contribution is 5.82. The Labute approximate surface area is 92.1 Å². The van der Waals surface area contributed by atoms with Gasteiger partial charge in [0.25, 0.3) is 0 Å². The summed E-state index contributed by atoms with van der Waals surface area (Å²) in [7, 11) is 0. The number of rotatable bonds is 7. The van der Waals surface area contributed by atoms with Crippen molar-refractivity contribution in [3.63, 3.8) is 0 Å². The molecule has 0 aromatic heterocycles. The Bertz CT molecular complexity index is 209.